The van der Waals surface area contributed by atoms with Gasteiger partial charge in [-0.15, -0.1) is 0 Å². The maximum Gasteiger partial charge on any atom is 0.320 e. The van der Waals surface area contributed by atoms with Crippen molar-refractivity contribution in [2.75, 3.05) is 26.2 Å². The van der Waals surface area contributed by atoms with Gasteiger partial charge in [0.15, 0.2) is 5.78 Å². The minimum atomic E-state index is -3.23. The number of benzene rings is 1. The summed E-state index contributed by atoms with van der Waals surface area (Å²) in [5.74, 6) is -3.83. The van der Waals surface area contributed by atoms with Gasteiger partial charge < -0.3 is 24.8 Å². The van der Waals surface area contributed by atoms with Crippen molar-refractivity contribution in [2.24, 2.45) is 0 Å². The van der Waals surface area contributed by atoms with E-state index in [9.17, 15) is 23.5 Å². The Bertz CT molecular complexity index is 1740. The molecule has 0 bridgehead atoms. The number of nitrogens with one attached hydrogen (secondary N) is 1. The van der Waals surface area contributed by atoms with Crippen molar-refractivity contribution in [1.82, 2.24) is 29.1 Å². The third kappa shape index (κ3) is 3.77. The average Bonchev–Trinajstić information content (AvgIpc) is 3.58. The molecule has 0 radical (unpaired) electrons. The van der Waals surface area contributed by atoms with Crippen molar-refractivity contribution in [1.29, 1.82) is 0 Å². The van der Waals surface area contributed by atoms with E-state index >= 15 is 4.39 Å². The van der Waals surface area contributed by atoms with Crippen LogP contribution in [-0.4, -0.2) is 78.9 Å². The van der Waals surface area contributed by atoms with Crippen LogP contribution >= 0.6 is 0 Å². The number of Topliss-reactive ketones (excluding diaryl/α,β-unsaturated/α-hetero) is 1. The Morgan fingerprint density at radius 1 is 1.15 bits per heavy atom. The van der Waals surface area contributed by atoms with E-state index in [4.69, 9.17) is 0 Å². The SMILES string of the molecule is O=C1CNC(c2cn3c4c(cc(F)cc24)CN(C(=O)N2CCC(F)(F)C(O)C2)CC3)=C1c1cnc2ccccn12. The number of hydrogen-bond acceptors (Lipinski definition) is 5. The molecular formula is C28H25F3N6O3. The summed E-state index contributed by atoms with van der Waals surface area (Å²) in [7, 11) is 0. The Morgan fingerprint density at radius 2 is 2.00 bits per heavy atom. The van der Waals surface area contributed by atoms with Gasteiger partial charge in [-0.1, -0.05) is 6.07 Å². The summed E-state index contributed by atoms with van der Waals surface area (Å²) < 4.78 is 46.4. The number of amides is 2. The van der Waals surface area contributed by atoms with Crippen LogP contribution in [0.1, 0.15) is 23.2 Å². The van der Waals surface area contributed by atoms with Crippen LogP contribution in [0.5, 0.6) is 0 Å². The number of likely N-dealkylation sites (tertiary alicyclic amines) is 1. The molecule has 9 nitrogen and oxygen atoms in total. The number of β-amino-alcohol motifs (C(OH)–C–C–N with tert-alkyl or cyclic N) is 1. The Labute approximate surface area is 226 Å². The monoisotopic (exact) mass is 550 g/mol. The van der Waals surface area contributed by atoms with Crippen LogP contribution in [0.3, 0.4) is 0 Å². The predicted octanol–water partition coefficient (Wildman–Crippen LogP) is 3.11. The number of carbonyl (C=O) groups is 2. The van der Waals surface area contributed by atoms with Gasteiger partial charge in [0.1, 0.15) is 17.6 Å². The first-order valence-corrected chi connectivity index (χ1v) is 13.1. The van der Waals surface area contributed by atoms with Crippen molar-refractivity contribution in [2.45, 2.75) is 31.5 Å². The van der Waals surface area contributed by atoms with E-state index in [1.54, 1.807) is 6.20 Å². The molecule has 3 aromatic heterocycles. The van der Waals surface area contributed by atoms with E-state index in [1.165, 1.54) is 21.9 Å². The van der Waals surface area contributed by atoms with E-state index in [2.05, 4.69) is 10.3 Å². The van der Waals surface area contributed by atoms with Gasteiger partial charge in [-0.2, -0.15) is 0 Å². The van der Waals surface area contributed by atoms with Crippen LogP contribution < -0.4 is 5.32 Å². The van der Waals surface area contributed by atoms with Crippen molar-refractivity contribution < 1.29 is 27.9 Å². The maximum atomic E-state index is 15.0. The molecule has 4 aromatic rings. The summed E-state index contributed by atoms with van der Waals surface area (Å²) in [5.41, 5.74) is 4.37. The number of nitrogens with zero attached hydrogens (tertiary/aromatic N) is 5. The molecule has 12 heteroatoms. The summed E-state index contributed by atoms with van der Waals surface area (Å²) in [6.07, 6.45) is 2.81. The summed E-state index contributed by atoms with van der Waals surface area (Å²) in [5, 5.41) is 13.6. The van der Waals surface area contributed by atoms with E-state index in [1.807, 2.05) is 39.6 Å². The number of ketones is 1. The number of carbonyl (C=O) groups excluding carboxylic acids is 2. The van der Waals surface area contributed by atoms with E-state index in [0.29, 0.717) is 45.7 Å². The van der Waals surface area contributed by atoms with E-state index in [0.717, 1.165) is 5.52 Å². The molecule has 7 rings (SSSR count). The second-order valence-electron chi connectivity index (χ2n) is 10.5. The second kappa shape index (κ2) is 8.85. The number of imidazole rings is 1. The number of aliphatic hydroxyl groups is 1. The molecule has 1 unspecified atom stereocenters. The molecule has 1 aromatic carbocycles. The van der Waals surface area contributed by atoms with Gasteiger partial charge in [0.05, 0.1) is 41.8 Å². The van der Waals surface area contributed by atoms with Gasteiger partial charge in [0, 0.05) is 55.9 Å². The van der Waals surface area contributed by atoms with Gasteiger partial charge in [-0.3, -0.25) is 9.20 Å². The summed E-state index contributed by atoms with van der Waals surface area (Å²) >= 11 is 0. The molecule has 0 saturated carbocycles. The van der Waals surface area contributed by atoms with E-state index in [-0.39, 0.29) is 32.0 Å². The molecular weight excluding hydrogens is 525 g/mol. The first kappa shape index (κ1) is 24.7. The number of alkyl halides is 2. The molecule has 1 saturated heterocycles. The third-order valence-electron chi connectivity index (χ3n) is 8.02. The standard InChI is InChI=1S/C28H25F3N6O3/c29-17-9-16-13-36(27(40)35-6-4-28(30,31)22(39)15-35)8-7-34-14-19(18(10-17)26(16)34)25-24(21(38)12-33-25)20-11-32-23-3-1-2-5-37(20)23/h1-3,5,9-11,14,22,33,39H,4,6-8,12-13,15H2. The van der Waals surface area contributed by atoms with Crippen LogP contribution in [0.2, 0.25) is 0 Å². The third-order valence-corrected chi connectivity index (χ3v) is 8.02. The van der Waals surface area contributed by atoms with Gasteiger partial charge in [-0.05, 0) is 29.8 Å². The Morgan fingerprint density at radius 3 is 2.83 bits per heavy atom. The average molecular weight is 551 g/mol. The highest BCUT2D eigenvalue weighted by Gasteiger charge is 2.45. The molecule has 2 N–H and O–H groups in total. The number of aliphatic hydroxyl groups excluding tert-OH is 1. The Balaban J connectivity index is 1.28. The Hall–Kier alpha value is -4.32. The quantitative estimate of drug-likeness (QED) is 0.400. The molecule has 2 amide bonds. The zero-order chi connectivity index (χ0) is 27.8. The molecule has 0 spiro atoms. The van der Waals surface area contributed by atoms with Crippen LogP contribution in [-0.2, 0) is 17.9 Å². The summed E-state index contributed by atoms with van der Waals surface area (Å²) in [4.78, 5) is 33.5. The van der Waals surface area contributed by atoms with Crippen molar-refractivity contribution in [3.63, 3.8) is 0 Å². The number of piperidine rings is 1. The zero-order valence-corrected chi connectivity index (χ0v) is 21.3. The molecule has 3 aliphatic heterocycles. The van der Waals surface area contributed by atoms with Gasteiger partial charge in [-0.25, -0.2) is 22.9 Å². The molecule has 6 heterocycles. The number of hydrogen-bond donors (Lipinski definition) is 2. The fourth-order valence-corrected chi connectivity index (χ4v) is 6.02. The lowest BCUT2D eigenvalue weighted by Gasteiger charge is -2.38. The van der Waals surface area contributed by atoms with Crippen molar-refractivity contribution in [3.8, 4) is 0 Å². The van der Waals surface area contributed by atoms with Crippen molar-refractivity contribution in [3.05, 3.63) is 71.6 Å². The smallest absolute Gasteiger partial charge is 0.320 e. The largest absolute Gasteiger partial charge is 0.385 e. The first-order valence-electron chi connectivity index (χ1n) is 13.1. The lowest BCUT2D eigenvalue weighted by Crippen LogP contribution is -2.55. The lowest BCUT2D eigenvalue weighted by molar-refractivity contribution is -0.141. The summed E-state index contributed by atoms with van der Waals surface area (Å²) in [6, 6.07) is 7.89. The number of aromatic nitrogens is 3. The highest BCUT2D eigenvalue weighted by atomic mass is 19.3. The number of pyridine rings is 1. The van der Waals surface area contributed by atoms with Crippen molar-refractivity contribution >= 4 is 39.6 Å². The summed E-state index contributed by atoms with van der Waals surface area (Å²) in [6.45, 7) is 0.172. The molecule has 1 fully saturated rings. The maximum absolute atomic E-state index is 15.0. The molecule has 206 valence electrons. The van der Waals surface area contributed by atoms with Crippen LogP contribution in [0, 0.1) is 5.82 Å². The predicted molar refractivity (Wildman–Crippen MR) is 140 cm³/mol. The minimum absolute atomic E-state index is 0.0745. The number of fused-ring (bicyclic) bond motifs is 1. The number of urea groups is 1. The van der Waals surface area contributed by atoms with Gasteiger partial charge in [0.2, 0.25) is 0 Å². The fourth-order valence-electron chi connectivity index (χ4n) is 6.02. The first-order chi connectivity index (χ1) is 19.2. The number of rotatable bonds is 2. The number of halogens is 3. The second-order valence-corrected chi connectivity index (χ2v) is 10.5. The normalized spacial score (nSPS) is 20.9. The van der Waals surface area contributed by atoms with Gasteiger partial charge in [0.25, 0.3) is 5.92 Å². The highest BCUT2D eigenvalue weighted by molar-refractivity contribution is 6.32. The van der Waals surface area contributed by atoms with Crippen LogP contribution in [0.4, 0.5) is 18.0 Å². The zero-order valence-electron chi connectivity index (χ0n) is 21.3. The molecule has 1 atom stereocenters. The Kier molecular flexibility index (Phi) is 5.46. The van der Waals surface area contributed by atoms with Crippen LogP contribution in [0.15, 0.2) is 48.9 Å². The molecule has 40 heavy (non-hydrogen) atoms. The lowest BCUT2D eigenvalue weighted by atomic mass is 10.0. The van der Waals surface area contributed by atoms with Crippen LogP contribution in [0.25, 0.3) is 27.8 Å². The van der Waals surface area contributed by atoms with Gasteiger partial charge >= 0.3 is 6.03 Å². The highest BCUT2D eigenvalue weighted by Crippen LogP contribution is 2.37. The van der Waals surface area contributed by atoms with E-state index < -0.39 is 36.8 Å². The minimum Gasteiger partial charge on any atom is -0.385 e. The molecule has 0 aliphatic carbocycles. The molecule has 3 aliphatic rings. The fraction of sp³-hybridized carbons (Fsp3) is 0.321. The topological polar surface area (TPSA) is 95.1 Å².